The number of carbonyl (C=O) groups excluding carboxylic acids is 2. The second-order valence-electron chi connectivity index (χ2n) is 6.14. The van der Waals surface area contributed by atoms with Crippen molar-refractivity contribution in [3.8, 4) is 5.75 Å². The van der Waals surface area contributed by atoms with Crippen LogP contribution in [0.25, 0.3) is 0 Å². The van der Waals surface area contributed by atoms with Crippen molar-refractivity contribution < 1.29 is 24.4 Å². The molecule has 2 aromatic carbocycles. The van der Waals surface area contributed by atoms with E-state index >= 15 is 0 Å². The van der Waals surface area contributed by atoms with Gasteiger partial charge in [-0.1, -0.05) is 0 Å². The Morgan fingerprint density at radius 1 is 1.07 bits per heavy atom. The predicted molar refractivity (Wildman–Crippen MR) is 113 cm³/mol. The fraction of sp³-hybridized carbons (Fsp3) is 0.263. The molecule has 0 heterocycles. The summed E-state index contributed by atoms with van der Waals surface area (Å²) in [4.78, 5) is 34.1. The van der Waals surface area contributed by atoms with Crippen molar-refractivity contribution in [3.63, 3.8) is 0 Å². The van der Waals surface area contributed by atoms with Gasteiger partial charge in [0, 0.05) is 31.3 Å². The minimum Gasteiger partial charge on any atom is -0.495 e. The van der Waals surface area contributed by atoms with Crippen molar-refractivity contribution in [1.29, 1.82) is 0 Å². The van der Waals surface area contributed by atoms with Crippen molar-refractivity contribution in [2.24, 2.45) is 0 Å². The van der Waals surface area contributed by atoms with Crippen LogP contribution < -0.4 is 26.0 Å². The number of nitro benzene ring substituents is 1. The first-order valence-electron chi connectivity index (χ1n) is 8.96. The first-order valence-corrected chi connectivity index (χ1v) is 8.96. The monoisotopic (exact) mass is 417 g/mol. The smallest absolute Gasteiger partial charge is 0.271 e. The van der Waals surface area contributed by atoms with Crippen molar-refractivity contribution in [2.45, 2.75) is 6.92 Å². The van der Waals surface area contributed by atoms with Crippen LogP contribution in [0.4, 0.5) is 28.4 Å². The largest absolute Gasteiger partial charge is 0.495 e. The SMILES string of the molecule is COc1ccc(NC(C)=O)cc1NC(=O)CNc1cc([N+](=O)[O-])ccc1NCCO. The lowest BCUT2D eigenvalue weighted by atomic mass is 10.2. The zero-order valence-corrected chi connectivity index (χ0v) is 16.5. The molecule has 0 bridgehead atoms. The summed E-state index contributed by atoms with van der Waals surface area (Å²) in [5.41, 5.74) is 1.55. The Balaban J connectivity index is 2.13. The van der Waals surface area contributed by atoms with E-state index in [-0.39, 0.29) is 31.3 Å². The molecule has 30 heavy (non-hydrogen) atoms. The second kappa shape index (κ2) is 10.6. The van der Waals surface area contributed by atoms with E-state index in [1.54, 1.807) is 18.2 Å². The van der Waals surface area contributed by atoms with Crippen LogP contribution in [-0.2, 0) is 9.59 Å². The fourth-order valence-electron chi connectivity index (χ4n) is 2.59. The molecule has 0 radical (unpaired) electrons. The van der Waals surface area contributed by atoms with Gasteiger partial charge in [-0.15, -0.1) is 0 Å². The van der Waals surface area contributed by atoms with E-state index < -0.39 is 10.8 Å². The van der Waals surface area contributed by atoms with Crippen molar-refractivity contribution in [2.75, 3.05) is 48.1 Å². The van der Waals surface area contributed by atoms with Gasteiger partial charge in [0.2, 0.25) is 11.8 Å². The van der Waals surface area contributed by atoms with Crippen LogP contribution in [0.1, 0.15) is 6.92 Å². The van der Waals surface area contributed by atoms with Crippen LogP contribution in [0.5, 0.6) is 5.75 Å². The van der Waals surface area contributed by atoms with Crippen molar-refractivity contribution in [1.82, 2.24) is 0 Å². The van der Waals surface area contributed by atoms with Crippen LogP contribution in [0, 0.1) is 10.1 Å². The minimum absolute atomic E-state index is 0.124. The summed E-state index contributed by atoms with van der Waals surface area (Å²) >= 11 is 0. The molecule has 0 spiro atoms. The first-order chi connectivity index (χ1) is 14.3. The summed E-state index contributed by atoms with van der Waals surface area (Å²) in [6.45, 7) is 1.30. The third-order valence-electron chi connectivity index (χ3n) is 3.87. The molecule has 0 saturated carbocycles. The lowest BCUT2D eigenvalue weighted by molar-refractivity contribution is -0.384. The summed E-state index contributed by atoms with van der Waals surface area (Å²) < 4.78 is 5.22. The molecule has 0 aliphatic carbocycles. The molecule has 0 atom stereocenters. The second-order valence-corrected chi connectivity index (χ2v) is 6.14. The quantitative estimate of drug-likeness (QED) is 0.290. The molecule has 2 aromatic rings. The minimum atomic E-state index is -0.542. The van der Waals surface area contributed by atoms with E-state index in [0.717, 1.165) is 0 Å². The molecule has 0 unspecified atom stereocenters. The van der Waals surface area contributed by atoms with Gasteiger partial charge in [0.1, 0.15) is 5.75 Å². The first kappa shape index (κ1) is 22.4. The molecule has 0 fully saturated rings. The van der Waals surface area contributed by atoms with Crippen LogP contribution >= 0.6 is 0 Å². The zero-order valence-electron chi connectivity index (χ0n) is 16.5. The van der Waals surface area contributed by atoms with Gasteiger partial charge in [-0.3, -0.25) is 19.7 Å². The molecule has 11 heteroatoms. The van der Waals surface area contributed by atoms with Gasteiger partial charge >= 0.3 is 0 Å². The van der Waals surface area contributed by atoms with Crippen molar-refractivity contribution in [3.05, 3.63) is 46.5 Å². The van der Waals surface area contributed by atoms with E-state index in [4.69, 9.17) is 9.84 Å². The average molecular weight is 417 g/mol. The highest BCUT2D eigenvalue weighted by Crippen LogP contribution is 2.29. The molecule has 0 saturated heterocycles. The number of benzene rings is 2. The zero-order chi connectivity index (χ0) is 22.1. The van der Waals surface area contributed by atoms with E-state index in [1.165, 1.54) is 32.2 Å². The molecule has 11 nitrogen and oxygen atoms in total. The number of nitro groups is 1. The van der Waals surface area contributed by atoms with E-state index in [0.29, 0.717) is 28.5 Å². The molecule has 2 amide bonds. The predicted octanol–water partition coefficient (Wildman–Crippen LogP) is 2.02. The van der Waals surface area contributed by atoms with Gasteiger partial charge in [-0.2, -0.15) is 0 Å². The number of non-ortho nitro benzene ring substituents is 1. The van der Waals surface area contributed by atoms with Gasteiger partial charge in [-0.25, -0.2) is 0 Å². The highest BCUT2D eigenvalue weighted by atomic mass is 16.6. The van der Waals surface area contributed by atoms with Gasteiger partial charge in [-0.05, 0) is 24.3 Å². The summed E-state index contributed by atoms with van der Waals surface area (Å²) in [6, 6.07) is 8.91. The Kier molecular flexibility index (Phi) is 7.94. The van der Waals surface area contributed by atoms with Gasteiger partial charge < -0.3 is 31.1 Å². The topological polar surface area (TPSA) is 155 Å². The lowest BCUT2D eigenvalue weighted by Crippen LogP contribution is -2.23. The number of aliphatic hydroxyl groups is 1. The molecule has 0 aliphatic rings. The van der Waals surface area contributed by atoms with Gasteiger partial charge in [0.15, 0.2) is 0 Å². The molecule has 160 valence electrons. The number of rotatable bonds is 10. The number of nitrogens with zero attached hydrogens (tertiary/aromatic N) is 1. The molecular formula is C19H23N5O6. The normalized spacial score (nSPS) is 10.1. The third kappa shape index (κ3) is 6.34. The van der Waals surface area contributed by atoms with Crippen molar-refractivity contribution >= 4 is 40.3 Å². The Hall–Kier alpha value is -3.86. The molecule has 2 rings (SSSR count). The van der Waals surface area contributed by atoms with Crippen LogP contribution in [-0.4, -0.2) is 48.7 Å². The van der Waals surface area contributed by atoms with Crippen LogP contribution in [0.15, 0.2) is 36.4 Å². The number of carbonyl (C=O) groups is 2. The summed E-state index contributed by atoms with van der Waals surface area (Å²) in [6.07, 6.45) is 0. The number of aliphatic hydroxyl groups excluding tert-OH is 1. The third-order valence-corrected chi connectivity index (χ3v) is 3.87. The van der Waals surface area contributed by atoms with E-state index in [2.05, 4.69) is 21.3 Å². The Morgan fingerprint density at radius 2 is 1.83 bits per heavy atom. The molecular weight excluding hydrogens is 394 g/mol. The number of methoxy groups -OCH3 is 1. The van der Waals surface area contributed by atoms with Crippen LogP contribution in [0.2, 0.25) is 0 Å². The maximum atomic E-state index is 12.4. The molecule has 0 aromatic heterocycles. The number of amides is 2. The standard InChI is InChI=1S/C19H23N5O6/c1-12(26)22-13-3-6-18(30-2)17(9-13)23-19(27)11-21-16-10-14(24(28)29)4-5-15(16)20-7-8-25/h3-6,9-10,20-21,25H,7-8,11H2,1-2H3,(H,22,26)(H,23,27). The molecule has 0 aliphatic heterocycles. The number of hydrogen-bond acceptors (Lipinski definition) is 8. The number of anilines is 4. The van der Waals surface area contributed by atoms with Gasteiger partial charge in [0.05, 0.1) is 42.2 Å². The highest BCUT2D eigenvalue weighted by Gasteiger charge is 2.13. The fourth-order valence-corrected chi connectivity index (χ4v) is 2.59. The Labute approximate surface area is 172 Å². The summed E-state index contributed by atoms with van der Waals surface area (Å²) in [7, 11) is 1.45. The molecule has 5 N–H and O–H groups in total. The summed E-state index contributed by atoms with van der Waals surface area (Å²) in [5, 5.41) is 31.1. The summed E-state index contributed by atoms with van der Waals surface area (Å²) in [5.74, 6) is -0.293. The van der Waals surface area contributed by atoms with Crippen LogP contribution in [0.3, 0.4) is 0 Å². The van der Waals surface area contributed by atoms with E-state index in [1.807, 2.05) is 0 Å². The van der Waals surface area contributed by atoms with E-state index in [9.17, 15) is 19.7 Å². The van der Waals surface area contributed by atoms with Gasteiger partial charge in [0.25, 0.3) is 5.69 Å². The lowest BCUT2D eigenvalue weighted by Gasteiger charge is -2.15. The number of ether oxygens (including phenoxy) is 1. The Bertz CT molecular complexity index is 934. The maximum Gasteiger partial charge on any atom is 0.271 e. The number of nitrogens with one attached hydrogen (secondary N) is 4. The Morgan fingerprint density at radius 3 is 2.47 bits per heavy atom. The number of hydrogen-bond donors (Lipinski definition) is 5. The average Bonchev–Trinajstić information content (AvgIpc) is 2.70. The maximum absolute atomic E-state index is 12.4. The highest BCUT2D eigenvalue weighted by molar-refractivity contribution is 5.97.